The number of methoxy groups -OCH3 is 1. The summed E-state index contributed by atoms with van der Waals surface area (Å²) in [7, 11) is 1.63. The minimum absolute atomic E-state index is 0.0166. The van der Waals surface area contributed by atoms with Crippen molar-refractivity contribution < 1.29 is 9.47 Å². The maximum atomic E-state index is 6.01. The highest BCUT2D eigenvalue weighted by Gasteiger charge is 2.17. The van der Waals surface area contributed by atoms with Crippen LogP contribution in [0.2, 0.25) is 0 Å². The third-order valence-electron chi connectivity index (χ3n) is 3.86. The number of halogens is 1. The van der Waals surface area contributed by atoms with Crippen LogP contribution in [0.5, 0.6) is 11.5 Å². The molecule has 0 amide bonds. The predicted octanol–water partition coefficient (Wildman–Crippen LogP) is 4.91. The zero-order valence-electron chi connectivity index (χ0n) is 15.3. The lowest BCUT2D eigenvalue weighted by atomic mass is 10.2. The molecule has 0 aliphatic rings. The first-order chi connectivity index (χ1) is 13.0. The Labute approximate surface area is 171 Å². The number of hydrogen-bond donors (Lipinski definition) is 2. The van der Waals surface area contributed by atoms with Crippen molar-refractivity contribution in [2.75, 3.05) is 12.5 Å². The minimum atomic E-state index is 0.0166. The van der Waals surface area contributed by atoms with E-state index in [1.807, 2.05) is 56.3 Å². The van der Waals surface area contributed by atoms with E-state index >= 15 is 0 Å². The van der Waals surface area contributed by atoms with Crippen molar-refractivity contribution in [2.24, 2.45) is 0 Å². The highest BCUT2D eigenvalue weighted by molar-refractivity contribution is 9.10. The van der Waals surface area contributed by atoms with Gasteiger partial charge in [-0.05, 0) is 38.2 Å². The van der Waals surface area contributed by atoms with Crippen molar-refractivity contribution in [1.82, 2.24) is 14.9 Å². The van der Waals surface area contributed by atoms with Crippen molar-refractivity contribution in [1.29, 1.82) is 0 Å². The molecule has 0 radical (unpaired) electrons. The van der Waals surface area contributed by atoms with Crippen LogP contribution in [-0.2, 0) is 6.54 Å². The average Bonchev–Trinajstić information content (AvgIpc) is 3.02. The Morgan fingerprint density at radius 2 is 1.96 bits per heavy atom. The van der Waals surface area contributed by atoms with E-state index in [2.05, 4.69) is 31.6 Å². The first-order valence-corrected chi connectivity index (χ1v) is 9.70. The highest BCUT2D eigenvalue weighted by atomic mass is 79.9. The summed E-state index contributed by atoms with van der Waals surface area (Å²) < 4.78 is 14.6. The number of ether oxygens (including phenoxy) is 2. The molecule has 0 bridgehead atoms. The molecule has 0 saturated carbocycles. The molecule has 8 heteroatoms. The molecule has 3 rings (SSSR count). The maximum Gasteiger partial charge on any atom is 0.214 e. The van der Waals surface area contributed by atoms with Crippen molar-refractivity contribution in [3.05, 3.63) is 57.3 Å². The number of benzene rings is 2. The molecule has 0 unspecified atom stereocenters. The first kappa shape index (κ1) is 19.4. The lowest BCUT2D eigenvalue weighted by Crippen LogP contribution is -2.18. The van der Waals surface area contributed by atoms with Gasteiger partial charge in [-0.2, -0.15) is 5.10 Å². The van der Waals surface area contributed by atoms with Crippen LogP contribution in [0.4, 0.5) is 0 Å². The molecular formula is C19H21BrN4O2S. The molecule has 27 heavy (non-hydrogen) atoms. The van der Waals surface area contributed by atoms with Gasteiger partial charge in [0.2, 0.25) is 4.77 Å². The van der Waals surface area contributed by atoms with Crippen molar-refractivity contribution in [3.63, 3.8) is 0 Å². The zero-order chi connectivity index (χ0) is 19.4. The van der Waals surface area contributed by atoms with Gasteiger partial charge < -0.3 is 14.9 Å². The van der Waals surface area contributed by atoms with Gasteiger partial charge in [-0.15, -0.1) is 0 Å². The van der Waals surface area contributed by atoms with Crippen LogP contribution >= 0.6 is 28.1 Å². The monoisotopic (exact) mass is 448 g/mol. The molecule has 2 N–H and O–H groups in total. The normalized spacial score (nSPS) is 10.9. The van der Waals surface area contributed by atoms with E-state index in [1.54, 1.807) is 11.8 Å². The van der Waals surface area contributed by atoms with Crippen molar-refractivity contribution in [2.45, 2.75) is 26.5 Å². The van der Waals surface area contributed by atoms with Crippen LogP contribution in [0.3, 0.4) is 0 Å². The summed E-state index contributed by atoms with van der Waals surface area (Å²) in [6.45, 7) is 4.43. The topological polar surface area (TPSA) is 64.1 Å². The summed E-state index contributed by atoms with van der Waals surface area (Å²) in [4.78, 5) is 0. The van der Waals surface area contributed by atoms with E-state index in [-0.39, 0.29) is 6.10 Å². The Kier molecular flexibility index (Phi) is 6.18. The lowest BCUT2D eigenvalue weighted by Gasteiger charge is -2.19. The van der Waals surface area contributed by atoms with Crippen LogP contribution in [0, 0.1) is 4.77 Å². The third-order valence-corrected chi connectivity index (χ3v) is 4.88. The van der Waals surface area contributed by atoms with Crippen LogP contribution in [0.25, 0.3) is 11.4 Å². The second-order valence-corrected chi connectivity index (χ2v) is 7.35. The van der Waals surface area contributed by atoms with Gasteiger partial charge in [-0.1, -0.05) is 46.3 Å². The quantitative estimate of drug-likeness (QED) is 0.502. The molecule has 1 heterocycles. The molecule has 0 saturated heterocycles. The summed E-state index contributed by atoms with van der Waals surface area (Å²) >= 11 is 9.00. The molecule has 0 aliphatic heterocycles. The Bertz CT molecular complexity index is 970. The Balaban J connectivity index is 1.94. The molecule has 3 aromatic rings. The fraction of sp³-hybridized carbons (Fsp3) is 0.263. The summed E-state index contributed by atoms with van der Waals surface area (Å²) in [6, 6.07) is 13.7. The molecule has 0 aliphatic carbocycles. The largest absolute Gasteiger partial charge is 0.493 e. The minimum Gasteiger partial charge on any atom is -0.493 e. The number of aromatic amines is 1. The number of nitrogens with one attached hydrogen (secondary N) is 2. The van der Waals surface area contributed by atoms with Crippen molar-refractivity contribution >= 4 is 28.1 Å². The predicted molar refractivity (Wildman–Crippen MR) is 112 cm³/mol. The van der Waals surface area contributed by atoms with Gasteiger partial charge in [-0.25, -0.2) is 9.77 Å². The molecule has 6 nitrogen and oxygen atoms in total. The standard InChI is InChI=1S/C19H21BrN4O2S/c1-12(2)26-17-14(15(20)9-10-16(17)25-3)11-21-24-18(22-23-19(24)27)13-7-5-4-6-8-13/h4-10,12,21H,11H2,1-3H3,(H,23,27). The number of nitrogens with zero attached hydrogens (tertiary/aromatic N) is 2. The van der Waals surface area contributed by atoms with Gasteiger partial charge in [0.05, 0.1) is 19.8 Å². The number of hydrogen-bond acceptors (Lipinski definition) is 5. The van der Waals surface area contributed by atoms with Gasteiger partial charge in [0.1, 0.15) is 0 Å². The van der Waals surface area contributed by atoms with E-state index in [9.17, 15) is 0 Å². The fourth-order valence-electron chi connectivity index (χ4n) is 2.66. The molecule has 1 aromatic heterocycles. The molecule has 2 aromatic carbocycles. The van der Waals surface area contributed by atoms with Gasteiger partial charge in [0.15, 0.2) is 17.3 Å². The highest BCUT2D eigenvalue weighted by Crippen LogP contribution is 2.37. The second-order valence-electron chi connectivity index (χ2n) is 6.11. The summed E-state index contributed by atoms with van der Waals surface area (Å²) in [6.07, 6.45) is 0.0166. The van der Waals surface area contributed by atoms with Crippen LogP contribution in [-0.4, -0.2) is 28.1 Å². The van der Waals surface area contributed by atoms with Gasteiger partial charge in [0.25, 0.3) is 0 Å². The van der Waals surface area contributed by atoms with Gasteiger partial charge in [0, 0.05) is 15.6 Å². The number of rotatable bonds is 7. The smallest absolute Gasteiger partial charge is 0.214 e. The maximum absolute atomic E-state index is 6.01. The molecule has 142 valence electrons. The van der Waals surface area contributed by atoms with Crippen LogP contribution in [0.1, 0.15) is 19.4 Å². The Hall–Kier alpha value is -2.32. The van der Waals surface area contributed by atoms with E-state index < -0.39 is 0 Å². The van der Waals surface area contributed by atoms with Gasteiger partial charge >= 0.3 is 0 Å². The summed E-state index contributed by atoms with van der Waals surface area (Å²) in [5.41, 5.74) is 5.23. The lowest BCUT2D eigenvalue weighted by molar-refractivity contribution is 0.227. The molecular weight excluding hydrogens is 428 g/mol. The molecule has 0 fully saturated rings. The summed E-state index contributed by atoms with van der Waals surface area (Å²) in [5, 5.41) is 7.18. The van der Waals surface area contributed by atoms with Gasteiger partial charge in [-0.3, -0.25) is 0 Å². The van der Waals surface area contributed by atoms with E-state index in [0.717, 1.165) is 15.6 Å². The number of H-pyrrole nitrogens is 1. The average molecular weight is 449 g/mol. The Morgan fingerprint density at radius 3 is 2.63 bits per heavy atom. The molecule has 0 spiro atoms. The number of aromatic nitrogens is 3. The Morgan fingerprint density at radius 1 is 1.22 bits per heavy atom. The zero-order valence-corrected chi connectivity index (χ0v) is 17.7. The third kappa shape index (κ3) is 4.33. The van der Waals surface area contributed by atoms with E-state index in [0.29, 0.717) is 28.6 Å². The summed E-state index contributed by atoms with van der Waals surface area (Å²) in [5.74, 6) is 2.10. The SMILES string of the molecule is COc1ccc(Br)c(CNn2c(-c3ccccc3)n[nH]c2=S)c1OC(C)C. The first-order valence-electron chi connectivity index (χ1n) is 8.50. The van der Waals surface area contributed by atoms with E-state index in [4.69, 9.17) is 21.7 Å². The van der Waals surface area contributed by atoms with Crippen molar-refractivity contribution in [3.8, 4) is 22.9 Å². The van der Waals surface area contributed by atoms with Crippen LogP contribution < -0.4 is 14.9 Å². The van der Waals surface area contributed by atoms with Crippen LogP contribution in [0.15, 0.2) is 46.9 Å². The molecule has 0 atom stereocenters. The second kappa shape index (κ2) is 8.58. The fourth-order valence-corrected chi connectivity index (χ4v) is 3.30. The van der Waals surface area contributed by atoms with E-state index in [1.165, 1.54) is 0 Å².